The fourth-order valence-corrected chi connectivity index (χ4v) is 0.956. The molecule has 0 saturated heterocycles. The third-order valence-corrected chi connectivity index (χ3v) is 1.87. The predicted molar refractivity (Wildman–Crippen MR) is 49.1 cm³/mol. The van der Waals surface area contributed by atoms with E-state index in [4.69, 9.17) is 0 Å². The normalized spacial score (nSPS) is 10.5. The van der Waals surface area contributed by atoms with Crippen LogP contribution in [-0.2, 0) is 0 Å². The van der Waals surface area contributed by atoms with Crippen molar-refractivity contribution in [2.45, 2.75) is 26.7 Å². The largest absolute Gasteiger partial charge is 0.310 e. The van der Waals surface area contributed by atoms with Gasteiger partial charge in [-0.25, -0.2) is 4.98 Å². The Bertz CT molecular complexity index is 380. The van der Waals surface area contributed by atoms with Crippen molar-refractivity contribution in [2.75, 3.05) is 0 Å². The molecule has 1 aromatic rings. The lowest BCUT2D eigenvalue weighted by Gasteiger charge is -2.05. The van der Waals surface area contributed by atoms with Gasteiger partial charge in [-0.3, -0.25) is 9.59 Å². The number of hydrogen-bond donors (Lipinski definition) is 1. The number of hydrogen-bond acceptors (Lipinski definition) is 3. The first kappa shape index (κ1) is 9.64. The van der Waals surface area contributed by atoms with Crippen LogP contribution in [0, 0.1) is 6.92 Å². The van der Waals surface area contributed by atoms with Gasteiger partial charge in [-0.05, 0) is 6.92 Å². The van der Waals surface area contributed by atoms with Gasteiger partial charge in [0.25, 0.3) is 5.56 Å². The first-order valence-corrected chi connectivity index (χ1v) is 4.12. The zero-order chi connectivity index (χ0) is 10.0. The number of carbonyl (C=O) groups is 1. The van der Waals surface area contributed by atoms with Gasteiger partial charge in [-0.1, -0.05) is 13.8 Å². The molecule has 1 rings (SSSR count). The highest BCUT2D eigenvalue weighted by Gasteiger charge is 2.08. The molecule has 0 aliphatic carbocycles. The summed E-state index contributed by atoms with van der Waals surface area (Å²) in [6.07, 6.45) is 0.608. The summed E-state index contributed by atoms with van der Waals surface area (Å²) in [6.45, 7) is 5.39. The van der Waals surface area contributed by atoms with Crippen molar-refractivity contribution < 1.29 is 4.79 Å². The number of nitrogens with one attached hydrogen (secondary N) is 1. The molecule has 0 atom stereocenters. The molecule has 13 heavy (non-hydrogen) atoms. The molecule has 0 radical (unpaired) electrons. The maximum Gasteiger partial charge on any atom is 0.254 e. The van der Waals surface area contributed by atoms with Crippen LogP contribution in [0.2, 0.25) is 0 Å². The van der Waals surface area contributed by atoms with Crippen LogP contribution in [0.5, 0.6) is 0 Å². The average Bonchev–Trinajstić information content (AvgIpc) is 2.09. The lowest BCUT2D eigenvalue weighted by atomic mass is 10.2. The fraction of sp³-hybridized carbons (Fsp3) is 0.444. The van der Waals surface area contributed by atoms with E-state index in [-0.39, 0.29) is 17.2 Å². The van der Waals surface area contributed by atoms with E-state index in [0.717, 1.165) is 0 Å². The SMILES string of the molecule is Cc1c(C=O)nc(C(C)C)[nH]c1=O. The summed E-state index contributed by atoms with van der Waals surface area (Å²) < 4.78 is 0. The van der Waals surface area contributed by atoms with Crippen LogP contribution >= 0.6 is 0 Å². The van der Waals surface area contributed by atoms with Crippen molar-refractivity contribution in [1.82, 2.24) is 9.97 Å². The molecule has 0 aliphatic rings. The molecule has 0 spiro atoms. The Kier molecular flexibility index (Phi) is 2.60. The molecule has 0 saturated carbocycles. The Morgan fingerprint density at radius 2 is 2.08 bits per heavy atom. The van der Waals surface area contributed by atoms with Crippen molar-refractivity contribution in [3.63, 3.8) is 0 Å². The minimum Gasteiger partial charge on any atom is -0.310 e. The predicted octanol–water partition coefficient (Wildman–Crippen LogP) is 1.01. The molecule has 4 heteroatoms. The van der Waals surface area contributed by atoms with Crippen LogP contribution in [0.25, 0.3) is 0 Å². The molecule has 0 aliphatic heterocycles. The summed E-state index contributed by atoms with van der Waals surface area (Å²) in [5.74, 6) is 0.671. The molecule has 0 fully saturated rings. The highest BCUT2D eigenvalue weighted by molar-refractivity contribution is 5.73. The minimum atomic E-state index is -0.235. The molecule has 0 bridgehead atoms. The number of H-pyrrole nitrogens is 1. The second kappa shape index (κ2) is 3.51. The third-order valence-electron chi connectivity index (χ3n) is 1.87. The monoisotopic (exact) mass is 180 g/mol. The molecule has 1 aromatic heterocycles. The van der Waals surface area contributed by atoms with Crippen LogP contribution in [0.15, 0.2) is 4.79 Å². The third kappa shape index (κ3) is 1.83. The van der Waals surface area contributed by atoms with E-state index in [1.165, 1.54) is 0 Å². The second-order valence-electron chi connectivity index (χ2n) is 3.23. The van der Waals surface area contributed by atoms with E-state index < -0.39 is 0 Å². The van der Waals surface area contributed by atoms with Gasteiger partial charge in [-0.15, -0.1) is 0 Å². The van der Waals surface area contributed by atoms with Crippen molar-refractivity contribution in [2.24, 2.45) is 0 Å². The summed E-state index contributed by atoms with van der Waals surface area (Å²) in [7, 11) is 0. The first-order valence-electron chi connectivity index (χ1n) is 4.12. The van der Waals surface area contributed by atoms with Crippen LogP contribution in [-0.4, -0.2) is 16.3 Å². The second-order valence-corrected chi connectivity index (χ2v) is 3.23. The van der Waals surface area contributed by atoms with Crippen molar-refractivity contribution in [3.05, 3.63) is 27.4 Å². The van der Waals surface area contributed by atoms with Gasteiger partial charge in [0, 0.05) is 11.5 Å². The van der Waals surface area contributed by atoms with E-state index in [1.807, 2.05) is 13.8 Å². The fourth-order valence-electron chi connectivity index (χ4n) is 0.956. The zero-order valence-electron chi connectivity index (χ0n) is 7.92. The highest BCUT2D eigenvalue weighted by atomic mass is 16.1. The van der Waals surface area contributed by atoms with E-state index in [2.05, 4.69) is 9.97 Å². The smallest absolute Gasteiger partial charge is 0.254 e. The standard InChI is InChI=1S/C9H12N2O2/c1-5(2)8-10-7(4-12)6(3)9(13)11-8/h4-5H,1-3H3,(H,10,11,13). The number of nitrogens with zero attached hydrogens (tertiary/aromatic N) is 1. The van der Waals surface area contributed by atoms with Gasteiger partial charge in [-0.2, -0.15) is 0 Å². The van der Waals surface area contributed by atoms with E-state index >= 15 is 0 Å². The van der Waals surface area contributed by atoms with Crippen molar-refractivity contribution >= 4 is 6.29 Å². The lowest BCUT2D eigenvalue weighted by Crippen LogP contribution is -2.18. The number of aldehydes is 1. The summed E-state index contributed by atoms with van der Waals surface area (Å²) in [5.41, 5.74) is 0.368. The number of rotatable bonds is 2. The Hall–Kier alpha value is -1.45. The van der Waals surface area contributed by atoms with Crippen LogP contribution in [0.1, 0.15) is 41.6 Å². The Morgan fingerprint density at radius 3 is 2.54 bits per heavy atom. The molecule has 1 heterocycles. The van der Waals surface area contributed by atoms with E-state index in [1.54, 1.807) is 6.92 Å². The summed E-state index contributed by atoms with van der Waals surface area (Å²) in [6, 6.07) is 0. The van der Waals surface area contributed by atoms with Crippen molar-refractivity contribution in [1.29, 1.82) is 0 Å². The maximum absolute atomic E-state index is 11.3. The molecular weight excluding hydrogens is 168 g/mol. The molecule has 0 amide bonds. The summed E-state index contributed by atoms with van der Waals surface area (Å²) >= 11 is 0. The minimum absolute atomic E-state index is 0.118. The van der Waals surface area contributed by atoms with E-state index in [9.17, 15) is 9.59 Å². The average molecular weight is 180 g/mol. The number of aromatic amines is 1. The molecule has 70 valence electrons. The van der Waals surface area contributed by atoms with Gasteiger partial charge < -0.3 is 4.98 Å². The summed E-state index contributed by atoms with van der Waals surface area (Å²) in [5, 5.41) is 0. The van der Waals surface area contributed by atoms with Gasteiger partial charge in [0.15, 0.2) is 6.29 Å². The Morgan fingerprint density at radius 1 is 1.46 bits per heavy atom. The molecule has 0 aromatic carbocycles. The molecular formula is C9H12N2O2. The van der Waals surface area contributed by atoms with Gasteiger partial charge >= 0.3 is 0 Å². The Labute approximate surface area is 76.0 Å². The van der Waals surface area contributed by atoms with Crippen LogP contribution in [0.3, 0.4) is 0 Å². The van der Waals surface area contributed by atoms with Crippen LogP contribution in [0.4, 0.5) is 0 Å². The number of carbonyl (C=O) groups excluding carboxylic acids is 1. The summed E-state index contributed by atoms with van der Waals surface area (Å²) in [4.78, 5) is 28.5. The number of aromatic nitrogens is 2. The highest BCUT2D eigenvalue weighted by Crippen LogP contribution is 2.07. The molecule has 4 nitrogen and oxygen atoms in total. The molecule has 0 unspecified atom stereocenters. The zero-order valence-corrected chi connectivity index (χ0v) is 7.92. The topological polar surface area (TPSA) is 62.8 Å². The first-order chi connectivity index (χ1) is 6.06. The van der Waals surface area contributed by atoms with Crippen LogP contribution < -0.4 is 5.56 Å². The molecule has 1 N–H and O–H groups in total. The Balaban J connectivity index is 3.39. The van der Waals surface area contributed by atoms with Gasteiger partial charge in [0.1, 0.15) is 11.5 Å². The van der Waals surface area contributed by atoms with Crippen molar-refractivity contribution in [3.8, 4) is 0 Å². The van der Waals surface area contributed by atoms with Gasteiger partial charge in [0.05, 0.1) is 0 Å². The lowest BCUT2D eigenvalue weighted by molar-refractivity contribution is 0.111. The van der Waals surface area contributed by atoms with E-state index in [0.29, 0.717) is 17.7 Å². The quantitative estimate of drug-likeness (QED) is 0.691. The maximum atomic E-state index is 11.3. The van der Waals surface area contributed by atoms with Gasteiger partial charge in [0.2, 0.25) is 0 Å².